The van der Waals surface area contributed by atoms with Crippen LogP contribution in [0.4, 0.5) is 5.82 Å². The van der Waals surface area contributed by atoms with Crippen LogP contribution in [-0.4, -0.2) is 49.1 Å². The van der Waals surface area contributed by atoms with Crippen molar-refractivity contribution in [3.8, 4) is 17.1 Å². The summed E-state index contributed by atoms with van der Waals surface area (Å²) in [5.41, 5.74) is 8.16. The van der Waals surface area contributed by atoms with Crippen LogP contribution < -0.4 is 15.6 Å². The second kappa shape index (κ2) is 11.4. The average molecular weight is 511 g/mol. The number of carboxylic acid groups (broad SMARTS) is 1. The normalized spacial score (nSPS) is 12.9. The Hall–Kier alpha value is -3.28. The number of benzene rings is 1. The first-order valence-corrected chi connectivity index (χ1v) is 13.3. The van der Waals surface area contributed by atoms with Crippen molar-refractivity contribution in [3.05, 3.63) is 59.5 Å². The van der Waals surface area contributed by atoms with Gasteiger partial charge in [0.05, 0.1) is 27.5 Å². The summed E-state index contributed by atoms with van der Waals surface area (Å²) in [6.07, 6.45) is 4.00. The number of carboxylic acids is 1. The van der Waals surface area contributed by atoms with Crippen LogP contribution in [0.15, 0.2) is 48.1 Å². The lowest BCUT2D eigenvalue weighted by Crippen LogP contribution is -2.39. The molecule has 0 bridgehead atoms. The Morgan fingerprint density at radius 3 is 2.86 bits per heavy atom. The molecule has 11 heteroatoms. The van der Waals surface area contributed by atoms with Crippen molar-refractivity contribution < 1.29 is 14.7 Å². The van der Waals surface area contributed by atoms with Crippen molar-refractivity contribution in [1.29, 1.82) is 0 Å². The summed E-state index contributed by atoms with van der Waals surface area (Å²) in [5, 5.41) is 12.8. The molecule has 0 spiro atoms. The zero-order chi connectivity index (χ0) is 24.8. The van der Waals surface area contributed by atoms with Gasteiger partial charge in [-0.15, -0.1) is 16.8 Å². The highest BCUT2D eigenvalue weighted by molar-refractivity contribution is 7.98. The second-order valence-corrected chi connectivity index (χ2v) is 9.78. The van der Waals surface area contributed by atoms with E-state index in [1.807, 2.05) is 49.9 Å². The van der Waals surface area contributed by atoms with Crippen LogP contribution in [0, 0.1) is 6.92 Å². The predicted molar refractivity (Wildman–Crippen MR) is 140 cm³/mol. The fourth-order valence-electron chi connectivity index (χ4n) is 3.46. The Kier molecular flexibility index (Phi) is 8.11. The fraction of sp³-hybridized carbons (Fsp3) is 0.292. The molecule has 1 unspecified atom stereocenters. The molecule has 0 aliphatic heterocycles. The van der Waals surface area contributed by atoms with E-state index in [-0.39, 0.29) is 6.04 Å². The number of aromatic nitrogens is 4. The first-order chi connectivity index (χ1) is 16.9. The molecular formula is C24H26N6O3S2. The smallest absolute Gasteiger partial charge is 0.324 e. The van der Waals surface area contributed by atoms with E-state index in [1.165, 1.54) is 0 Å². The Morgan fingerprint density at radius 2 is 2.06 bits per heavy atom. The van der Waals surface area contributed by atoms with Gasteiger partial charge in [0.2, 0.25) is 5.88 Å². The number of aryl methyl sites for hydroxylation is 1. The van der Waals surface area contributed by atoms with Crippen molar-refractivity contribution in [2.45, 2.75) is 32.4 Å². The quantitative estimate of drug-likeness (QED) is 0.244. The standard InChI is InChI=1S/C24H26N6O3S2/c1-14(16-6-8-25-23(11-16)33-30-19(24(31)32)7-9-34-3)27-22-12-20(28-15(2)29-22)17-4-5-18-21(10-17)35-13-26-18/h4-6,8,10-14,19,30H,7,9H2,1-3H3,(H,31,32)(H,27,28,29)/t14?,19-/m0/s1. The highest BCUT2D eigenvalue weighted by Crippen LogP contribution is 2.27. The van der Waals surface area contributed by atoms with Crippen molar-refractivity contribution >= 4 is 45.1 Å². The minimum atomic E-state index is -0.963. The molecule has 0 saturated carbocycles. The number of carbonyl (C=O) groups is 1. The lowest BCUT2D eigenvalue weighted by molar-refractivity contribution is -0.141. The summed E-state index contributed by atoms with van der Waals surface area (Å²) in [4.78, 5) is 34.6. The lowest BCUT2D eigenvalue weighted by atomic mass is 10.1. The molecule has 0 aliphatic rings. The number of hydrogen-bond acceptors (Lipinski definition) is 10. The molecule has 0 amide bonds. The molecule has 4 aromatic rings. The summed E-state index contributed by atoms with van der Waals surface area (Å²) < 4.78 is 1.11. The van der Waals surface area contributed by atoms with E-state index in [9.17, 15) is 9.90 Å². The molecule has 1 aromatic carbocycles. The van der Waals surface area contributed by atoms with E-state index in [2.05, 4.69) is 36.8 Å². The van der Waals surface area contributed by atoms with Gasteiger partial charge in [0.1, 0.15) is 17.7 Å². The van der Waals surface area contributed by atoms with Gasteiger partial charge < -0.3 is 15.3 Å². The number of hydrogen-bond donors (Lipinski definition) is 3. The van der Waals surface area contributed by atoms with E-state index in [0.717, 1.165) is 27.0 Å². The molecule has 0 fully saturated rings. The zero-order valence-electron chi connectivity index (χ0n) is 19.6. The van der Waals surface area contributed by atoms with Crippen LogP contribution >= 0.6 is 23.1 Å². The van der Waals surface area contributed by atoms with Crippen LogP contribution in [0.5, 0.6) is 5.88 Å². The van der Waals surface area contributed by atoms with Crippen LogP contribution in [0.1, 0.15) is 30.8 Å². The number of rotatable bonds is 11. The first-order valence-electron chi connectivity index (χ1n) is 11.0. The Labute approximate surface area is 211 Å². The van der Waals surface area contributed by atoms with Crippen LogP contribution in [0.3, 0.4) is 0 Å². The van der Waals surface area contributed by atoms with Gasteiger partial charge in [-0.3, -0.25) is 4.79 Å². The van der Waals surface area contributed by atoms with E-state index < -0.39 is 12.0 Å². The van der Waals surface area contributed by atoms with Gasteiger partial charge in [0, 0.05) is 23.9 Å². The van der Waals surface area contributed by atoms with Gasteiger partial charge in [0.25, 0.3) is 0 Å². The van der Waals surface area contributed by atoms with Gasteiger partial charge in [-0.1, -0.05) is 6.07 Å². The third-order valence-electron chi connectivity index (χ3n) is 5.30. The topological polar surface area (TPSA) is 122 Å². The number of anilines is 1. The molecule has 35 heavy (non-hydrogen) atoms. The molecular weight excluding hydrogens is 484 g/mol. The van der Waals surface area contributed by atoms with E-state index in [1.54, 1.807) is 35.4 Å². The number of hydroxylamine groups is 1. The highest BCUT2D eigenvalue weighted by atomic mass is 32.2. The Bertz CT molecular complexity index is 1320. The molecule has 3 aromatic heterocycles. The highest BCUT2D eigenvalue weighted by Gasteiger charge is 2.18. The van der Waals surface area contributed by atoms with Gasteiger partial charge in [-0.2, -0.15) is 11.8 Å². The molecule has 4 rings (SSSR count). The number of thioether (sulfide) groups is 1. The van der Waals surface area contributed by atoms with E-state index >= 15 is 0 Å². The van der Waals surface area contributed by atoms with Crippen molar-refractivity contribution in [3.63, 3.8) is 0 Å². The Morgan fingerprint density at radius 1 is 1.20 bits per heavy atom. The number of nitrogens with one attached hydrogen (secondary N) is 2. The summed E-state index contributed by atoms with van der Waals surface area (Å²) in [6, 6.07) is 10.7. The number of aliphatic carboxylic acids is 1. The average Bonchev–Trinajstić information content (AvgIpc) is 3.31. The fourth-order valence-corrected chi connectivity index (χ4v) is 4.65. The molecule has 2 atom stereocenters. The number of nitrogens with zero attached hydrogens (tertiary/aromatic N) is 4. The summed E-state index contributed by atoms with van der Waals surface area (Å²) in [7, 11) is 0. The lowest BCUT2D eigenvalue weighted by Gasteiger charge is -2.17. The predicted octanol–water partition coefficient (Wildman–Crippen LogP) is 4.72. The van der Waals surface area contributed by atoms with E-state index in [4.69, 9.17) is 4.84 Å². The minimum absolute atomic E-state index is 0.113. The molecule has 0 saturated heterocycles. The monoisotopic (exact) mass is 510 g/mol. The molecule has 3 heterocycles. The molecule has 9 nitrogen and oxygen atoms in total. The number of pyridine rings is 1. The van der Waals surface area contributed by atoms with Crippen molar-refractivity contribution in [1.82, 2.24) is 25.4 Å². The second-order valence-electron chi connectivity index (χ2n) is 7.91. The third-order valence-corrected chi connectivity index (χ3v) is 6.74. The minimum Gasteiger partial charge on any atom is -0.480 e. The summed E-state index contributed by atoms with van der Waals surface area (Å²) >= 11 is 3.18. The summed E-state index contributed by atoms with van der Waals surface area (Å²) in [6.45, 7) is 3.87. The SMILES string of the molecule is CSCC[C@H](NOc1cc(C(C)Nc2cc(-c3ccc4ncsc4c3)nc(C)n2)ccn1)C(=O)O. The number of fused-ring (bicyclic) bond motifs is 1. The maximum Gasteiger partial charge on any atom is 0.324 e. The Balaban J connectivity index is 1.47. The maximum atomic E-state index is 11.4. The summed E-state index contributed by atoms with van der Waals surface area (Å²) in [5.74, 6) is 1.40. The van der Waals surface area contributed by atoms with Crippen LogP contribution in [0.25, 0.3) is 21.5 Å². The third kappa shape index (κ3) is 6.44. The van der Waals surface area contributed by atoms with Gasteiger partial charge >= 0.3 is 5.97 Å². The van der Waals surface area contributed by atoms with Gasteiger partial charge in [-0.25, -0.2) is 19.9 Å². The number of thiazole rings is 1. The first kappa shape index (κ1) is 24.8. The van der Waals surface area contributed by atoms with Crippen LogP contribution in [-0.2, 0) is 4.79 Å². The van der Waals surface area contributed by atoms with Crippen molar-refractivity contribution in [2.75, 3.05) is 17.3 Å². The van der Waals surface area contributed by atoms with E-state index in [0.29, 0.717) is 29.7 Å². The van der Waals surface area contributed by atoms with Crippen molar-refractivity contribution in [2.24, 2.45) is 0 Å². The van der Waals surface area contributed by atoms with Gasteiger partial charge in [-0.05, 0) is 56.0 Å². The largest absolute Gasteiger partial charge is 0.480 e. The molecule has 3 N–H and O–H groups in total. The van der Waals surface area contributed by atoms with Gasteiger partial charge in [0.15, 0.2) is 0 Å². The zero-order valence-corrected chi connectivity index (χ0v) is 21.2. The molecule has 0 radical (unpaired) electrons. The maximum absolute atomic E-state index is 11.4. The molecule has 182 valence electrons. The van der Waals surface area contributed by atoms with Crippen LogP contribution in [0.2, 0.25) is 0 Å². The molecule has 0 aliphatic carbocycles.